The molecule has 6 rings (SSSR count). The Morgan fingerprint density at radius 3 is 2.65 bits per heavy atom. The van der Waals surface area contributed by atoms with Crippen molar-refractivity contribution < 1.29 is 4.79 Å². The minimum absolute atomic E-state index is 0.156. The fourth-order valence-electron chi connectivity index (χ4n) is 4.18. The van der Waals surface area contributed by atoms with Crippen LogP contribution in [0.3, 0.4) is 0 Å². The first-order valence-corrected chi connectivity index (χ1v) is 12.2. The van der Waals surface area contributed by atoms with Crippen LogP contribution in [0.25, 0.3) is 5.52 Å². The highest BCUT2D eigenvalue weighted by molar-refractivity contribution is 5.88. The minimum atomic E-state index is -0.181. The number of fused-ring (bicyclic) bond motifs is 1. The third kappa shape index (κ3) is 6.35. The molecule has 4 N–H and O–H groups in total. The van der Waals surface area contributed by atoms with Gasteiger partial charge in [-0.25, -0.2) is 4.52 Å². The monoisotopic (exact) mass is 501 g/mol. The van der Waals surface area contributed by atoms with Gasteiger partial charge in [0.1, 0.15) is 5.52 Å². The predicted molar refractivity (Wildman–Crippen MR) is 144 cm³/mol. The lowest BCUT2D eigenvalue weighted by Gasteiger charge is -2.21. The Morgan fingerprint density at radius 2 is 2.00 bits per heavy atom. The maximum atomic E-state index is 10.5. The number of amides is 1. The fourth-order valence-corrected chi connectivity index (χ4v) is 4.18. The molecule has 4 aromatic rings. The second-order valence-electron chi connectivity index (χ2n) is 9.01. The number of aromatic amines is 2. The van der Waals surface area contributed by atoms with Crippen molar-refractivity contribution in [3.8, 4) is 12.8 Å². The summed E-state index contributed by atoms with van der Waals surface area (Å²) in [6, 6.07) is 9.49. The third-order valence-corrected chi connectivity index (χ3v) is 6.16. The highest BCUT2D eigenvalue weighted by Gasteiger charge is 2.26. The van der Waals surface area contributed by atoms with Crippen LogP contribution in [0.1, 0.15) is 51.1 Å². The van der Waals surface area contributed by atoms with Crippen LogP contribution >= 0.6 is 0 Å². The molecule has 1 atom stereocenters. The van der Waals surface area contributed by atoms with Crippen LogP contribution in [0.2, 0.25) is 0 Å². The van der Waals surface area contributed by atoms with Gasteiger partial charge in [-0.2, -0.15) is 10.1 Å². The maximum Gasteiger partial charge on any atom is 0.248 e. The molecule has 37 heavy (non-hydrogen) atoms. The van der Waals surface area contributed by atoms with Crippen molar-refractivity contribution in [2.75, 3.05) is 22.1 Å². The zero-order valence-corrected chi connectivity index (χ0v) is 20.9. The average Bonchev–Trinajstić information content (AvgIpc) is 3.24. The van der Waals surface area contributed by atoms with Gasteiger partial charge in [0.25, 0.3) is 0 Å². The van der Waals surface area contributed by atoms with Crippen molar-refractivity contribution in [1.29, 1.82) is 0 Å². The van der Waals surface area contributed by atoms with E-state index in [0.29, 0.717) is 17.6 Å². The first-order chi connectivity index (χ1) is 18.0. The molecular weight excluding hydrogens is 470 g/mol. The van der Waals surface area contributed by atoms with Gasteiger partial charge in [0.15, 0.2) is 11.6 Å². The molecule has 1 amide bonds. The summed E-state index contributed by atoms with van der Waals surface area (Å²) < 4.78 is 1.89. The zero-order valence-electron chi connectivity index (χ0n) is 20.9. The van der Waals surface area contributed by atoms with Gasteiger partial charge in [0.2, 0.25) is 17.4 Å². The van der Waals surface area contributed by atoms with Gasteiger partial charge >= 0.3 is 0 Å². The van der Waals surface area contributed by atoms with E-state index in [1.165, 1.54) is 50.6 Å². The normalized spacial score (nSPS) is 16.3. The summed E-state index contributed by atoms with van der Waals surface area (Å²) in [5, 5.41) is 18.1. The predicted octanol–water partition coefficient (Wildman–Crippen LogP) is 3.64. The van der Waals surface area contributed by atoms with Crippen LogP contribution in [-0.4, -0.2) is 48.3 Å². The van der Waals surface area contributed by atoms with Crippen LogP contribution < -0.4 is 21.1 Å². The van der Waals surface area contributed by atoms with Crippen molar-refractivity contribution in [3.05, 3.63) is 58.8 Å². The van der Waals surface area contributed by atoms with Crippen LogP contribution in [0, 0.1) is 12.8 Å². The number of carbonyl (C=O) groups excluding carboxylic acids is 1. The first kappa shape index (κ1) is 25.5. The second-order valence-corrected chi connectivity index (χ2v) is 9.01. The molecule has 2 aliphatic rings. The molecule has 11 nitrogen and oxygen atoms in total. The Hall–Kier alpha value is -4.59. The van der Waals surface area contributed by atoms with Crippen molar-refractivity contribution in [2.45, 2.75) is 51.5 Å². The molecule has 0 unspecified atom stereocenters. The van der Waals surface area contributed by atoms with Crippen molar-refractivity contribution in [2.24, 2.45) is 0 Å². The largest absolute Gasteiger partial charge is 0.337 e. The van der Waals surface area contributed by atoms with Crippen LogP contribution in [0.5, 0.6) is 0 Å². The number of carbonyl (C=O) groups is 1. The Balaban J connectivity index is 0.000000208. The average molecular weight is 502 g/mol. The number of anilines is 4. The Morgan fingerprint density at radius 1 is 1.19 bits per heavy atom. The van der Waals surface area contributed by atoms with Crippen molar-refractivity contribution >= 4 is 34.7 Å². The summed E-state index contributed by atoms with van der Waals surface area (Å²) in [5.74, 6) is 2.91. The molecule has 0 spiro atoms. The number of rotatable bonds is 5. The van der Waals surface area contributed by atoms with E-state index in [9.17, 15) is 9.59 Å². The number of pyridine rings is 1. The van der Waals surface area contributed by atoms with E-state index in [1.54, 1.807) is 6.07 Å². The lowest BCUT2D eigenvalue weighted by atomic mass is 10.2. The van der Waals surface area contributed by atoms with Gasteiger partial charge in [-0.05, 0) is 50.8 Å². The molecule has 1 saturated carbocycles. The van der Waals surface area contributed by atoms with Gasteiger partial charge in [-0.1, -0.05) is 0 Å². The number of aromatic nitrogens is 6. The number of hydrogen-bond acceptors (Lipinski definition) is 7. The summed E-state index contributed by atoms with van der Waals surface area (Å²) in [5.41, 5.74) is 2.59. The summed E-state index contributed by atoms with van der Waals surface area (Å²) in [6.07, 6.45) is 16.3. The highest BCUT2D eigenvalue weighted by Crippen LogP contribution is 2.39. The molecule has 1 saturated heterocycles. The van der Waals surface area contributed by atoms with Crippen LogP contribution in [0.4, 0.5) is 23.3 Å². The number of H-pyrrole nitrogens is 2. The number of nitrogens with zero attached hydrogens (tertiary/aromatic N) is 5. The first-order valence-electron chi connectivity index (χ1n) is 12.2. The van der Waals surface area contributed by atoms with E-state index in [2.05, 4.69) is 61.7 Å². The van der Waals surface area contributed by atoms with E-state index in [4.69, 9.17) is 4.98 Å². The van der Waals surface area contributed by atoms with Gasteiger partial charge in [0.05, 0.1) is 5.69 Å². The van der Waals surface area contributed by atoms with Crippen molar-refractivity contribution in [3.63, 3.8) is 0 Å². The minimum Gasteiger partial charge on any atom is -0.337 e. The van der Waals surface area contributed by atoms with E-state index in [1.807, 2.05) is 22.8 Å². The van der Waals surface area contributed by atoms with E-state index in [-0.39, 0.29) is 11.5 Å². The van der Waals surface area contributed by atoms with Gasteiger partial charge < -0.3 is 20.5 Å². The molecule has 1 aliphatic carbocycles. The summed E-state index contributed by atoms with van der Waals surface area (Å²) in [7, 11) is 0. The lowest BCUT2D eigenvalue weighted by Crippen LogP contribution is -2.29. The maximum absolute atomic E-state index is 10.5. The SMILES string of the molecule is C#C.CC(=O)Nc1ccc(=O)[nH]c1.C[C@H]1CCCN1c1nc(Nc2cc(C3CC3)[nH]n2)c2cccn2n1. The molecule has 4 aromatic heterocycles. The quantitative estimate of drug-likeness (QED) is 0.307. The summed E-state index contributed by atoms with van der Waals surface area (Å²) >= 11 is 0. The fraction of sp³-hybridized carbons (Fsp3) is 0.346. The smallest absolute Gasteiger partial charge is 0.248 e. The van der Waals surface area contributed by atoms with E-state index in [0.717, 1.165) is 29.6 Å². The summed E-state index contributed by atoms with van der Waals surface area (Å²) in [6.45, 7) is 4.66. The van der Waals surface area contributed by atoms with E-state index >= 15 is 0 Å². The Labute approximate surface area is 214 Å². The molecule has 0 aromatic carbocycles. The second kappa shape index (κ2) is 11.4. The molecule has 192 valence electrons. The molecular formula is C26H31N9O2. The van der Waals surface area contributed by atoms with E-state index < -0.39 is 0 Å². The highest BCUT2D eigenvalue weighted by atomic mass is 16.1. The number of hydrogen-bond donors (Lipinski definition) is 4. The summed E-state index contributed by atoms with van der Waals surface area (Å²) in [4.78, 5) is 30.6. The van der Waals surface area contributed by atoms with Gasteiger partial charge in [-0.15, -0.1) is 17.9 Å². The Bertz CT molecular complexity index is 1410. The molecule has 0 radical (unpaired) electrons. The van der Waals surface area contributed by atoms with Crippen molar-refractivity contribution in [1.82, 2.24) is 29.8 Å². The molecule has 11 heteroatoms. The number of terminal acetylenes is 1. The zero-order chi connectivity index (χ0) is 26.4. The topological polar surface area (TPSA) is 136 Å². The molecule has 5 heterocycles. The molecule has 0 bridgehead atoms. The molecule has 2 fully saturated rings. The van der Waals surface area contributed by atoms with Crippen LogP contribution in [-0.2, 0) is 4.79 Å². The molecule has 1 aliphatic heterocycles. The third-order valence-electron chi connectivity index (χ3n) is 6.16. The van der Waals surface area contributed by atoms with Crippen LogP contribution in [0.15, 0.2) is 47.5 Å². The number of nitrogens with one attached hydrogen (secondary N) is 4. The van der Waals surface area contributed by atoms with Gasteiger partial charge in [-0.3, -0.25) is 14.7 Å². The lowest BCUT2D eigenvalue weighted by molar-refractivity contribution is -0.114. The van der Waals surface area contributed by atoms with Gasteiger partial charge in [0, 0.05) is 55.6 Å². The Kier molecular flexibility index (Phi) is 7.88. The standard InChI is InChI=1S/C17H21N7.C7H8N2O2.C2H2/c1-11-4-2-8-23(11)17-19-16(14-5-3-9-24(14)22-17)18-15-10-13(20-21-15)12-6-7-12;1-5(10)9-6-2-3-7(11)8-4-6;1-2/h3,5,9-12H,2,4,6-8H2,1H3,(H2,18,19,20,21,22);2-4H,1H3,(H,8,11)(H,9,10);1-2H/t11-;;/m0../s1.